The first-order valence-corrected chi connectivity index (χ1v) is 11.3. The molecule has 1 aromatic carbocycles. The lowest BCUT2D eigenvalue weighted by molar-refractivity contribution is -0.384. The minimum Gasteiger partial charge on any atom is -0.466 e. The third kappa shape index (κ3) is 5.37. The SMILES string of the molecule is CCOC(=O)CC(C)(O[Si](C)(C)C(C)(C)C)c1ccc([N+](=O)[O-])cc1. The van der Waals surface area contributed by atoms with Gasteiger partial charge in [0.25, 0.3) is 5.69 Å². The molecule has 1 atom stereocenters. The van der Waals surface area contributed by atoms with E-state index in [9.17, 15) is 14.9 Å². The number of hydrogen-bond donors (Lipinski definition) is 0. The molecule has 0 fully saturated rings. The highest BCUT2D eigenvalue weighted by atomic mass is 28.4. The summed E-state index contributed by atoms with van der Waals surface area (Å²) in [6, 6.07) is 6.19. The molecular formula is C18H29NO5Si. The third-order valence-corrected chi connectivity index (χ3v) is 9.34. The fraction of sp³-hybridized carbons (Fsp3) is 0.611. The highest BCUT2D eigenvalue weighted by Gasteiger charge is 2.44. The number of esters is 1. The lowest BCUT2D eigenvalue weighted by Crippen LogP contribution is -2.48. The first-order chi connectivity index (χ1) is 11.3. The fourth-order valence-electron chi connectivity index (χ4n) is 2.34. The third-order valence-electron chi connectivity index (χ3n) is 4.76. The zero-order valence-corrected chi connectivity index (χ0v) is 17.2. The first-order valence-electron chi connectivity index (χ1n) is 8.43. The molecule has 0 saturated carbocycles. The van der Waals surface area contributed by atoms with Crippen LogP contribution >= 0.6 is 0 Å². The second-order valence-corrected chi connectivity index (χ2v) is 12.6. The van der Waals surface area contributed by atoms with Crippen LogP contribution in [0.2, 0.25) is 18.1 Å². The number of hydrogen-bond acceptors (Lipinski definition) is 5. The molecule has 0 bridgehead atoms. The average Bonchev–Trinajstić information content (AvgIpc) is 2.45. The number of nitrogens with zero attached hydrogens (tertiary/aromatic N) is 1. The van der Waals surface area contributed by atoms with Gasteiger partial charge in [0.15, 0.2) is 8.32 Å². The molecule has 0 aliphatic carbocycles. The molecule has 0 heterocycles. The van der Waals surface area contributed by atoms with Gasteiger partial charge in [-0.15, -0.1) is 0 Å². The van der Waals surface area contributed by atoms with Gasteiger partial charge in [0.05, 0.1) is 23.6 Å². The Morgan fingerprint density at radius 3 is 2.08 bits per heavy atom. The maximum absolute atomic E-state index is 12.1. The zero-order chi connectivity index (χ0) is 19.5. The van der Waals surface area contributed by atoms with Crippen LogP contribution in [0, 0.1) is 10.1 Å². The van der Waals surface area contributed by atoms with Crippen molar-refractivity contribution in [2.45, 2.75) is 64.8 Å². The smallest absolute Gasteiger partial charge is 0.309 e. The number of carbonyl (C=O) groups is 1. The van der Waals surface area contributed by atoms with Crippen LogP contribution < -0.4 is 0 Å². The van der Waals surface area contributed by atoms with Crippen LogP contribution in [0.5, 0.6) is 0 Å². The van der Waals surface area contributed by atoms with Crippen LogP contribution in [0.4, 0.5) is 5.69 Å². The van der Waals surface area contributed by atoms with Crippen LogP contribution in [0.1, 0.15) is 46.6 Å². The van der Waals surface area contributed by atoms with E-state index < -0.39 is 18.8 Å². The van der Waals surface area contributed by atoms with Crippen molar-refractivity contribution in [2.24, 2.45) is 0 Å². The van der Waals surface area contributed by atoms with Gasteiger partial charge < -0.3 is 9.16 Å². The zero-order valence-electron chi connectivity index (χ0n) is 16.2. The maximum atomic E-state index is 12.1. The molecule has 1 aromatic rings. The molecule has 0 N–H and O–H groups in total. The van der Waals surface area contributed by atoms with Crippen LogP contribution in [0.15, 0.2) is 24.3 Å². The van der Waals surface area contributed by atoms with E-state index >= 15 is 0 Å². The minimum absolute atomic E-state index is 0.00885. The monoisotopic (exact) mass is 367 g/mol. The topological polar surface area (TPSA) is 78.7 Å². The molecule has 1 unspecified atom stereocenters. The van der Waals surface area contributed by atoms with E-state index in [-0.39, 0.29) is 23.1 Å². The number of ether oxygens (including phenoxy) is 1. The van der Waals surface area contributed by atoms with Crippen molar-refractivity contribution in [1.82, 2.24) is 0 Å². The number of nitro benzene ring substituents is 1. The van der Waals surface area contributed by atoms with Gasteiger partial charge in [0.2, 0.25) is 0 Å². The molecule has 0 spiro atoms. The highest BCUT2D eigenvalue weighted by Crippen LogP contribution is 2.43. The molecule has 0 aliphatic rings. The largest absolute Gasteiger partial charge is 0.466 e. The second-order valence-electron chi connectivity index (χ2n) is 7.88. The molecule has 7 heteroatoms. The van der Waals surface area contributed by atoms with Gasteiger partial charge in [-0.25, -0.2) is 0 Å². The van der Waals surface area contributed by atoms with E-state index in [4.69, 9.17) is 9.16 Å². The lowest BCUT2D eigenvalue weighted by Gasteiger charge is -2.44. The van der Waals surface area contributed by atoms with E-state index in [1.807, 2.05) is 6.92 Å². The standard InChI is InChI=1S/C18H29NO5Si/c1-8-23-16(20)13-18(5,24-25(6,7)17(2,3)4)14-9-11-15(12-10-14)19(21)22/h9-12H,8,13H2,1-7H3. The Morgan fingerprint density at radius 1 is 1.16 bits per heavy atom. The lowest BCUT2D eigenvalue weighted by atomic mass is 9.92. The fourth-order valence-corrected chi connectivity index (χ4v) is 3.96. The number of non-ortho nitro benzene ring substituents is 1. The Kier molecular flexibility index (Phi) is 6.53. The Morgan fingerprint density at radius 2 is 1.68 bits per heavy atom. The van der Waals surface area contributed by atoms with Crippen molar-refractivity contribution in [3.05, 3.63) is 39.9 Å². The van der Waals surface area contributed by atoms with Gasteiger partial charge in [0, 0.05) is 12.1 Å². The van der Waals surface area contributed by atoms with E-state index in [0.717, 1.165) is 5.56 Å². The summed E-state index contributed by atoms with van der Waals surface area (Å²) >= 11 is 0. The molecule has 0 aromatic heterocycles. The van der Waals surface area contributed by atoms with E-state index in [0.29, 0.717) is 6.61 Å². The Hall–Kier alpha value is -1.73. The van der Waals surface area contributed by atoms with Gasteiger partial charge in [-0.05, 0) is 49.7 Å². The number of benzene rings is 1. The molecule has 0 aliphatic heterocycles. The number of rotatable bonds is 7. The van der Waals surface area contributed by atoms with Gasteiger partial charge in [-0.2, -0.15) is 0 Å². The molecule has 0 saturated heterocycles. The van der Waals surface area contributed by atoms with Crippen LogP contribution in [-0.4, -0.2) is 25.8 Å². The Bertz CT molecular complexity index is 621. The normalized spacial score (nSPS) is 14.7. The quantitative estimate of drug-likeness (QED) is 0.300. The summed E-state index contributed by atoms with van der Waals surface area (Å²) in [5.41, 5.74) is -0.157. The minimum atomic E-state index is -2.19. The van der Waals surface area contributed by atoms with Crippen molar-refractivity contribution in [3.8, 4) is 0 Å². The number of nitro groups is 1. The van der Waals surface area contributed by atoms with E-state index in [1.165, 1.54) is 12.1 Å². The van der Waals surface area contributed by atoms with Crippen molar-refractivity contribution in [2.75, 3.05) is 6.61 Å². The molecule has 0 amide bonds. The molecular weight excluding hydrogens is 338 g/mol. The van der Waals surface area contributed by atoms with Gasteiger partial charge in [-0.3, -0.25) is 14.9 Å². The van der Waals surface area contributed by atoms with Crippen molar-refractivity contribution >= 4 is 20.0 Å². The summed E-state index contributed by atoms with van der Waals surface area (Å²) in [5, 5.41) is 10.9. The summed E-state index contributed by atoms with van der Waals surface area (Å²) < 4.78 is 11.7. The highest BCUT2D eigenvalue weighted by molar-refractivity contribution is 6.74. The van der Waals surface area contributed by atoms with Crippen molar-refractivity contribution in [1.29, 1.82) is 0 Å². The summed E-state index contributed by atoms with van der Waals surface area (Å²) in [6.07, 6.45) is 0.0607. The van der Waals surface area contributed by atoms with Gasteiger partial charge in [0.1, 0.15) is 0 Å². The van der Waals surface area contributed by atoms with E-state index in [2.05, 4.69) is 33.9 Å². The molecule has 1 rings (SSSR count). The average molecular weight is 368 g/mol. The maximum Gasteiger partial charge on any atom is 0.309 e. The van der Waals surface area contributed by atoms with Crippen molar-refractivity contribution in [3.63, 3.8) is 0 Å². The summed E-state index contributed by atoms with van der Waals surface area (Å²) in [7, 11) is -2.19. The predicted molar refractivity (Wildman–Crippen MR) is 100.0 cm³/mol. The van der Waals surface area contributed by atoms with E-state index in [1.54, 1.807) is 19.1 Å². The summed E-state index contributed by atoms with van der Waals surface area (Å²) in [5.74, 6) is -0.345. The first kappa shape index (κ1) is 21.3. The Balaban J connectivity index is 3.27. The summed E-state index contributed by atoms with van der Waals surface area (Å²) in [4.78, 5) is 22.6. The van der Waals surface area contributed by atoms with Crippen molar-refractivity contribution < 1.29 is 18.9 Å². The predicted octanol–water partition coefficient (Wildman–Crippen LogP) is 4.79. The van der Waals surface area contributed by atoms with Gasteiger partial charge in [-0.1, -0.05) is 20.8 Å². The molecule has 25 heavy (non-hydrogen) atoms. The number of carbonyl (C=O) groups excluding carboxylic acids is 1. The summed E-state index contributed by atoms with van der Waals surface area (Å²) in [6.45, 7) is 14.5. The molecule has 0 radical (unpaired) electrons. The van der Waals surface area contributed by atoms with Crippen LogP contribution in [0.3, 0.4) is 0 Å². The van der Waals surface area contributed by atoms with Crippen LogP contribution in [0.25, 0.3) is 0 Å². The van der Waals surface area contributed by atoms with Crippen LogP contribution in [-0.2, 0) is 19.6 Å². The Labute approximate surface area is 150 Å². The second kappa shape index (κ2) is 7.66. The molecule has 6 nitrogen and oxygen atoms in total. The molecule has 140 valence electrons. The van der Waals surface area contributed by atoms with Gasteiger partial charge >= 0.3 is 5.97 Å².